The largest absolute Gasteiger partial charge is 0.435 e. The van der Waals surface area contributed by atoms with Crippen molar-refractivity contribution in [3.63, 3.8) is 0 Å². The van der Waals surface area contributed by atoms with E-state index < -0.39 is 35.2 Å². The fourth-order valence-corrected chi connectivity index (χ4v) is 3.35. The first-order valence-corrected chi connectivity index (χ1v) is 7.99. The lowest BCUT2D eigenvalue weighted by Gasteiger charge is -2.34. The van der Waals surface area contributed by atoms with Crippen LogP contribution in [0.25, 0.3) is 0 Å². The molecule has 140 valence electrons. The summed E-state index contributed by atoms with van der Waals surface area (Å²) < 4.78 is 54.5. The van der Waals surface area contributed by atoms with Gasteiger partial charge >= 0.3 is 6.18 Å². The monoisotopic (exact) mass is 371 g/mol. The predicted octanol–water partition coefficient (Wildman–Crippen LogP) is 3.66. The van der Waals surface area contributed by atoms with E-state index in [1.165, 1.54) is 26.3 Å². The second kappa shape index (κ2) is 6.71. The van der Waals surface area contributed by atoms with Crippen LogP contribution >= 0.6 is 0 Å². The van der Waals surface area contributed by atoms with Crippen LogP contribution in [0.5, 0.6) is 0 Å². The Morgan fingerprint density at radius 2 is 2.12 bits per heavy atom. The van der Waals surface area contributed by atoms with Crippen LogP contribution < -0.4 is 0 Å². The number of aryl methyl sites for hydroxylation is 1. The van der Waals surface area contributed by atoms with Gasteiger partial charge in [0.05, 0.1) is 18.7 Å². The number of hydrogen-bond acceptors (Lipinski definition) is 3. The summed E-state index contributed by atoms with van der Waals surface area (Å²) in [5, 5.41) is 4.23. The molecule has 0 aliphatic heterocycles. The van der Waals surface area contributed by atoms with Crippen LogP contribution in [-0.2, 0) is 24.5 Å². The van der Waals surface area contributed by atoms with Crippen molar-refractivity contribution in [2.24, 2.45) is 7.05 Å². The van der Waals surface area contributed by atoms with Crippen molar-refractivity contribution in [1.29, 1.82) is 0 Å². The smallest absolute Gasteiger partial charge is 0.274 e. The molecule has 1 aliphatic rings. The Hall–Kier alpha value is -2.42. The molecule has 0 fully saturated rings. The molecule has 0 bridgehead atoms. The minimum absolute atomic E-state index is 0.395. The molecule has 0 saturated heterocycles. The Morgan fingerprint density at radius 1 is 1.38 bits per heavy atom. The van der Waals surface area contributed by atoms with E-state index in [0.717, 1.165) is 15.9 Å². The van der Waals surface area contributed by atoms with E-state index in [4.69, 9.17) is 4.84 Å². The van der Waals surface area contributed by atoms with Gasteiger partial charge in [0.15, 0.2) is 5.69 Å². The van der Waals surface area contributed by atoms with Gasteiger partial charge in [-0.3, -0.25) is 14.3 Å². The number of hydroxylamine groups is 2. The van der Waals surface area contributed by atoms with Gasteiger partial charge in [-0.05, 0) is 36.5 Å². The highest BCUT2D eigenvalue weighted by molar-refractivity contribution is 5.95. The molecular formula is C17H17F4N3O2. The molecule has 9 heteroatoms. The van der Waals surface area contributed by atoms with Gasteiger partial charge in [0, 0.05) is 13.2 Å². The van der Waals surface area contributed by atoms with Crippen LogP contribution in [-0.4, -0.2) is 27.9 Å². The lowest BCUT2D eigenvalue weighted by molar-refractivity contribution is -0.144. The molecule has 26 heavy (non-hydrogen) atoms. The minimum atomic E-state index is -4.78. The number of aromatic nitrogens is 2. The summed E-state index contributed by atoms with van der Waals surface area (Å²) in [7, 11) is 2.50. The Kier molecular flexibility index (Phi) is 4.74. The molecule has 1 heterocycles. The summed E-state index contributed by atoms with van der Waals surface area (Å²) in [6.07, 6.45) is -2.22. The van der Waals surface area contributed by atoms with Crippen LogP contribution in [0, 0.1) is 5.82 Å². The van der Waals surface area contributed by atoms with Crippen molar-refractivity contribution < 1.29 is 27.2 Å². The quantitative estimate of drug-likeness (QED) is 0.611. The third-order valence-electron chi connectivity index (χ3n) is 4.43. The second-order valence-electron chi connectivity index (χ2n) is 6.09. The molecule has 2 aromatic rings. The van der Waals surface area contributed by atoms with Crippen LogP contribution in [0.2, 0.25) is 0 Å². The number of halogens is 4. The van der Waals surface area contributed by atoms with Crippen molar-refractivity contribution >= 4 is 5.91 Å². The summed E-state index contributed by atoms with van der Waals surface area (Å²) in [4.78, 5) is 17.9. The topological polar surface area (TPSA) is 47.4 Å². The maximum Gasteiger partial charge on any atom is 0.435 e. The van der Waals surface area contributed by atoms with Crippen LogP contribution in [0.1, 0.15) is 46.1 Å². The number of carbonyl (C=O) groups excluding carboxylic acids is 1. The highest BCUT2D eigenvalue weighted by Crippen LogP contribution is 2.38. The number of hydrogen-bond donors (Lipinski definition) is 0. The van der Waals surface area contributed by atoms with E-state index in [-0.39, 0.29) is 0 Å². The molecule has 0 radical (unpaired) electrons. The number of fused-ring (bicyclic) bond motifs is 1. The maximum absolute atomic E-state index is 14.1. The summed E-state index contributed by atoms with van der Waals surface area (Å²) in [6, 6.07) is 3.82. The Labute approximate surface area is 147 Å². The molecule has 3 rings (SSSR count). The van der Waals surface area contributed by atoms with Gasteiger partial charge in [-0.15, -0.1) is 0 Å². The molecule has 0 spiro atoms. The highest BCUT2D eigenvalue weighted by atomic mass is 19.4. The Bertz CT molecular complexity index is 832. The van der Waals surface area contributed by atoms with Gasteiger partial charge in [0.1, 0.15) is 5.82 Å². The lowest BCUT2D eigenvalue weighted by atomic mass is 9.87. The van der Waals surface area contributed by atoms with Gasteiger partial charge in [0.2, 0.25) is 0 Å². The second-order valence-corrected chi connectivity index (χ2v) is 6.09. The zero-order chi connectivity index (χ0) is 19.1. The van der Waals surface area contributed by atoms with Gasteiger partial charge < -0.3 is 0 Å². The van der Waals surface area contributed by atoms with Crippen molar-refractivity contribution in [3.05, 3.63) is 52.6 Å². The summed E-state index contributed by atoms with van der Waals surface area (Å²) in [5.41, 5.74) is -0.877. The van der Waals surface area contributed by atoms with E-state index >= 15 is 0 Å². The minimum Gasteiger partial charge on any atom is -0.274 e. The summed E-state index contributed by atoms with van der Waals surface area (Å²) in [5.74, 6) is -1.36. The predicted molar refractivity (Wildman–Crippen MR) is 83.5 cm³/mol. The Morgan fingerprint density at radius 3 is 2.77 bits per heavy atom. The first kappa shape index (κ1) is 18.4. The van der Waals surface area contributed by atoms with Crippen LogP contribution in [0.4, 0.5) is 17.6 Å². The fourth-order valence-electron chi connectivity index (χ4n) is 3.35. The normalized spacial score (nSPS) is 17.1. The number of alkyl halides is 3. The first-order chi connectivity index (χ1) is 12.2. The highest BCUT2D eigenvalue weighted by Gasteiger charge is 2.41. The molecular weight excluding hydrogens is 354 g/mol. The van der Waals surface area contributed by atoms with E-state index in [1.54, 1.807) is 6.07 Å². The lowest BCUT2D eigenvalue weighted by Crippen LogP contribution is -2.36. The van der Waals surface area contributed by atoms with E-state index in [9.17, 15) is 22.4 Å². The molecule has 1 aromatic heterocycles. The molecule has 1 amide bonds. The third kappa shape index (κ3) is 3.18. The summed E-state index contributed by atoms with van der Waals surface area (Å²) in [6.45, 7) is 0. The number of benzene rings is 1. The van der Waals surface area contributed by atoms with E-state index in [2.05, 4.69) is 5.10 Å². The average Bonchev–Trinajstić information content (AvgIpc) is 2.98. The van der Waals surface area contributed by atoms with Crippen molar-refractivity contribution in [2.45, 2.75) is 31.5 Å². The fraction of sp³-hybridized carbons (Fsp3) is 0.412. The van der Waals surface area contributed by atoms with Gasteiger partial charge in [-0.25, -0.2) is 9.45 Å². The van der Waals surface area contributed by atoms with Crippen LogP contribution in [0.15, 0.2) is 24.4 Å². The zero-order valence-electron chi connectivity index (χ0n) is 14.2. The number of carbonyl (C=O) groups is 1. The maximum atomic E-state index is 14.1. The van der Waals surface area contributed by atoms with Crippen molar-refractivity contribution in [2.75, 3.05) is 7.11 Å². The molecule has 1 atom stereocenters. The summed E-state index contributed by atoms with van der Waals surface area (Å²) >= 11 is 0. The molecule has 0 saturated carbocycles. The van der Waals surface area contributed by atoms with E-state index in [1.807, 2.05) is 0 Å². The number of amides is 1. The first-order valence-electron chi connectivity index (χ1n) is 7.99. The molecule has 0 N–H and O–H groups in total. The van der Waals surface area contributed by atoms with Gasteiger partial charge in [-0.2, -0.15) is 18.3 Å². The average molecular weight is 371 g/mol. The zero-order valence-corrected chi connectivity index (χ0v) is 14.2. The standard InChI is InChI=1S/C17H17F4N3O2/c1-23-9-12(15(22-23)17(19,20)21)16(25)24(26-2)14-8-4-5-10-11(14)6-3-7-13(10)18/h3,6-7,9,14H,4-5,8H2,1-2H3/t14-/m0/s1. The van der Waals surface area contributed by atoms with Crippen molar-refractivity contribution in [3.8, 4) is 0 Å². The molecule has 1 aromatic carbocycles. The third-order valence-corrected chi connectivity index (χ3v) is 4.43. The van der Waals surface area contributed by atoms with Crippen molar-refractivity contribution in [1.82, 2.24) is 14.8 Å². The molecule has 1 aliphatic carbocycles. The SMILES string of the molecule is CON(C(=O)c1cn(C)nc1C(F)(F)F)[C@H]1CCCc2c(F)cccc21. The number of rotatable bonds is 3. The molecule has 0 unspecified atom stereocenters. The van der Waals surface area contributed by atoms with Gasteiger partial charge in [-0.1, -0.05) is 12.1 Å². The van der Waals surface area contributed by atoms with Gasteiger partial charge in [0.25, 0.3) is 5.91 Å². The van der Waals surface area contributed by atoms with E-state index in [0.29, 0.717) is 30.4 Å². The number of nitrogens with zero attached hydrogens (tertiary/aromatic N) is 3. The Balaban J connectivity index is 2.02. The molecule has 5 nitrogen and oxygen atoms in total. The van der Waals surface area contributed by atoms with Crippen LogP contribution in [0.3, 0.4) is 0 Å².